The number of carboxylic acid groups (broad SMARTS) is 1. The molecule has 0 spiro atoms. The number of carbonyl (C=O) groups excluding carboxylic acids is 2. The van der Waals surface area contributed by atoms with Crippen molar-refractivity contribution in [2.75, 3.05) is 5.32 Å². The van der Waals surface area contributed by atoms with E-state index in [1.807, 2.05) is 6.92 Å². The topological polar surface area (TPSA) is 108 Å². The predicted molar refractivity (Wildman–Crippen MR) is 79.4 cm³/mol. The number of anilines is 1. The van der Waals surface area contributed by atoms with E-state index in [9.17, 15) is 14.4 Å². The van der Waals surface area contributed by atoms with Gasteiger partial charge in [-0.25, -0.2) is 9.78 Å². The molecule has 8 heteroatoms. The molecule has 7 nitrogen and oxygen atoms in total. The van der Waals surface area contributed by atoms with Gasteiger partial charge in [-0.15, -0.1) is 11.3 Å². The number of hydrogen-bond acceptors (Lipinski definition) is 5. The Morgan fingerprint density at radius 1 is 1.38 bits per heavy atom. The first kappa shape index (κ1) is 17.1. The first-order valence-electron chi connectivity index (χ1n) is 6.68. The van der Waals surface area contributed by atoms with Crippen LogP contribution in [0.15, 0.2) is 5.38 Å². The normalized spacial score (nSPS) is 13.3. The van der Waals surface area contributed by atoms with Gasteiger partial charge in [-0.1, -0.05) is 27.2 Å². The van der Waals surface area contributed by atoms with E-state index in [-0.39, 0.29) is 17.5 Å². The van der Waals surface area contributed by atoms with Crippen molar-refractivity contribution in [3.8, 4) is 0 Å². The van der Waals surface area contributed by atoms with Gasteiger partial charge in [0.2, 0.25) is 5.91 Å². The zero-order valence-electron chi connectivity index (χ0n) is 12.2. The highest BCUT2D eigenvalue weighted by Crippen LogP contribution is 2.16. The number of carboxylic acids is 1. The molecule has 0 aliphatic rings. The van der Waals surface area contributed by atoms with Gasteiger partial charge in [0.15, 0.2) is 5.13 Å². The lowest BCUT2D eigenvalue weighted by molar-refractivity contribution is -0.140. The highest BCUT2D eigenvalue weighted by atomic mass is 32.1. The van der Waals surface area contributed by atoms with Gasteiger partial charge in [0.25, 0.3) is 5.91 Å². The molecule has 21 heavy (non-hydrogen) atoms. The summed E-state index contributed by atoms with van der Waals surface area (Å²) in [4.78, 5) is 38.4. The summed E-state index contributed by atoms with van der Waals surface area (Å²) in [6.45, 7) is 5.32. The molecule has 0 radical (unpaired) electrons. The Morgan fingerprint density at radius 3 is 2.57 bits per heavy atom. The Labute approximate surface area is 126 Å². The average molecular weight is 313 g/mol. The molecule has 0 saturated carbocycles. The third-order valence-electron chi connectivity index (χ3n) is 3.07. The molecular weight excluding hydrogens is 294 g/mol. The van der Waals surface area contributed by atoms with Gasteiger partial charge >= 0.3 is 5.97 Å². The van der Waals surface area contributed by atoms with Gasteiger partial charge in [-0.2, -0.15) is 0 Å². The summed E-state index contributed by atoms with van der Waals surface area (Å²) in [6.07, 6.45) is 0.947. The van der Waals surface area contributed by atoms with E-state index in [2.05, 4.69) is 15.6 Å². The Bertz CT molecular complexity index is 529. The minimum Gasteiger partial charge on any atom is -0.480 e. The number of rotatable bonds is 7. The fraction of sp³-hybridized carbons (Fsp3) is 0.538. The number of thiazole rings is 1. The fourth-order valence-electron chi connectivity index (χ4n) is 1.54. The molecule has 1 aromatic rings. The van der Waals surface area contributed by atoms with Crippen molar-refractivity contribution in [3.63, 3.8) is 0 Å². The Hall–Kier alpha value is -1.96. The minimum atomic E-state index is -1.08. The second-order valence-electron chi connectivity index (χ2n) is 4.61. The lowest BCUT2D eigenvalue weighted by Crippen LogP contribution is -2.45. The molecular formula is C13H19N3O4S. The molecule has 1 rings (SSSR count). The highest BCUT2D eigenvalue weighted by molar-refractivity contribution is 7.14. The Morgan fingerprint density at radius 2 is 2.05 bits per heavy atom. The van der Waals surface area contributed by atoms with Gasteiger partial charge in [0.05, 0.1) is 0 Å². The molecule has 0 aliphatic carbocycles. The monoisotopic (exact) mass is 313 g/mol. The second-order valence-corrected chi connectivity index (χ2v) is 5.47. The molecule has 1 heterocycles. The van der Waals surface area contributed by atoms with Crippen LogP contribution in [0.3, 0.4) is 0 Å². The fourth-order valence-corrected chi connectivity index (χ4v) is 2.25. The summed E-state index contributed by atoms with van der Waals surface area (Å²) in [5, 5.41) is 15.9. The second kappa shape index (κ2) is 7.72. The minimum absolute atomic E-state index is 0.0981. The van der Waals surface area contributed by atoms with Crippen molar-refractivity contribution >= 4 is 34.3 Å². The molecule has 2 unspecified atom stereocenters. The zero-order valence-corrected chi connectivity index (χ0v) is 13.0. The maximum Gasteiger partial charge on any atom is 0.326 e. The van der Waals surface area contributed by atoms with Crippen LogP contribution in [0.2, 0.25) is 0 Å². The summed E-state index contributed by atoms with van der Waals surface area (Å²) >= 11 is 1.12. The van der Waals surface area contributed by atoms with Gasteiger partial charge in [0, 0.05) is 11.8 Å². The summed E-state index contributed by atoms with van der Waals surface area (Å²) in [7, 11) is 0. The van der Waals surface area contributed by atoms with E-state index in [1.165, 1.54) is 5.38 Å². The van der Waals surface area contributed by atoms with Crippen LogP contribution in [0.4, 0.5) is 5.13 Å². The maximum atomic E-state index is 12.0. The van der Waals surface area contributed by atoms with Crippen LogP contribution in [0.5, 0.6) is 0 Å². The quantitative estimate of drug-likeness (QED) is 0.710. The summed E-state index contributed by atoms with van der Waals surface area (Å²) < 4.78 is 0. The molecule has 0 saturated heterocycles. The third-order valence-corrected chi connectivity index (χ3v) is 3.83. The van der Waals surface area contributed by atoms with Gasteiger partial charge in [0.1, 0.15) is 11.7 Å². The van der Waals surface area contributed by atoms with E-state index >= 15 is 0 Å². The van der Waals surface area contributed by atoms with E-state index < -0.39 is 17.9 Å². The van der Waals surface area contributed by atoms with Crippen molar-refractivity contribution in [2.24, 2.45) is 5.92 Å². The van der Waals surface area contributed by atoms with Gasteiger partial charge in [-0.3, -0.25) is 9.59 Å². The van der Waals surface area contributed by atoms with Crippen molar-refractivity contribution in [1.29, 1.82) is 0 Å². The van der Waals surface area contributed by atoms with Crippen molar-refractivity contribution in [2.45, 2.75) is 39.7 Å². The molecule has 116 valence electrons. The van der Waals surface area contributed by atoms with Gasteiger partial charge in [-0.05, 0) is 5.92 Å². The van der Waals surface area contributed by atoms with E-state index in [1.54, 1.807) is 13.8 Å². The van der Waals surface area contributed by atoms with Crippen molar-refractivity contribution in [3.05, 3.63) is 11.1 Å². The van der Waals surface area contributed by atoms with Crippen molar-refractivity contribution < 1.29 is 19.5 Å². The summed E-state index contributed by atoms with van der Waals surface area (Å²) in [5.41, 5.74) is 0.0981. The number of nitrogens with one attached hydrogen (secondary N) is 2. The van der Waals surface area contributed by atoms with E-state index in [4.69, 9.17) is 5.11 Å². The van der Waals surface area contributed by atoms with Crippen molar-refractivity contribution in [1.82, 2.24) is 10.3 Å². The van der Waals surface area contributed by atoms with E-state index in [0.29, 0.717) is 18.0 Å². The molecule has 1 aromatic heterocycles. The van der Waals surface area contributed by atoms with Crippen LogP contribution >= 0.6 is 11.3 Å². The van der Waals surface area contributed by atoms with Crippen LogP contribution in [0.1, 0.15) is 44.1 Å². The average Bonchev–Trinajstić information content (AvgIpc) is 2.91. The molecule has 3 N–H and O–H groups in total. The Balaban J connectivity index is 2.74. The zero-order chi connectivity index (χ0) is 16.0. The lowest BCUT2D eigenvalue weighted by atomic mass is 9.99. The Kier molecular flexibility index (Phi) is 6.29. The van der Waals surface area contributed by atoms with Gasteiger partial charge < -0.3 is 15.7 Å². The number of aliphatic carboxylic acids is 1. The lowest BCUT2D eigenvalue weighted by Gasteiger charge is -2.19. The maximum absolute atomic E-state index is 12.0. The first-order valence-corrected chi connectivity index (χ1v) is 7.56. The molecule has 2 amide bonds. The van der Waals surface area contributed by atoms with Crippen LogP contribution in [0, 0.1) is 5.92 Å². The molecule has 0 aromatic carbocycles. The van der Waals surface area contributed by atoms with Crippen LogP contribution in [0.25, 0.3) is 0 Å². The van der Waals surface area contributed by atoms with Crippen LogP contribution in [-0.2, 0) is 9.59 Å². The standard InChI is InChI=1S/C13H19N3O4S/c1-4-7(3)10(12(19)20)16-11(18)8-6-21-13(14-8)15-9(17)5-2/h6-7,10H,4-5H2,1-3H3,(H,16,18)(H,19,20)(H,14,15,17). The largest absolute Gasteiger partial charge is 0.480 e. The summed E-state index contributed by atoms with van der Waals surface area (Å²) in [6, 6.07) is -0.960. The van der Waals surface area contributed by atoms with Crippen LogP contribution < -0.4 is 10.6 Å². The van der Waals surface area contributed by atoms with Crippen LogP contribution in [-0.4, -0.2) is 33.9 Å². The summed E-state index contributed by atoms with van der Waals surface area (Å²) in [5.74, 6) is -2.02. The molecule has 0 aliphatic heterocycles. The molecule has 0 bridgehead atoms. The number of nitrogens with zero attached hydrogens (tertiary/aromatic N) is 1. The number of amides is 2. The molecule has 2 atom stereocenters. The SMILES string of the molecule is CCC(=O)Nc1nc(C(=O)NC(C(=O)O)C(C)CC)cs1. The third kappa shape index (κ3) is 4.82. The first-order chi connectivity index (χ1) is 9.88. The molecule has 0 fully saturated rings. The number of carbonyl (C=O) groups is 3. The highest BCUT2D eigenvalue weighted by Gasteiger charge is 2.26. The number of hydrogen-bond donors (Lipinski definition) is 3. The smallest absolute Gasteiger partial charge is 0.326 e. The van der Waals surface area contributed by atoms with E-state index in [0.717, 1.165) is 11.3 Å². The number of aromatic nitrogens is 1. The predicted octanol–water partition coefficient (Wildman–Crippen LogP) is 1.72.